The van der Waals surface area contributed by atoms with Crippen LogP contribution in [-0.2, 0) is 9.47 Å². The smallest absolute Gasteiger partial charge is 0.411 e. The van der Waals surface area contributed by atoms with Gasteiger partial charge in [-0.2, -0.15) is 0 Å². The van der Waals surface area contributed by atoms with Gasteiger partial charge in [0.1, 0.15) is 24.5 Å². The number of benzene rings is 2. The fourth-order valence-corrected chi connectivity index (χ4v) is 2.31. The van der Waals surface area contributed by atoms with Gasteiger partial charge < -0.3 is 14.2 Å². The summed E-state index contributed by atoms with van der Waals surface area (Å²) in [6.45, 7) is 2.59. The predicted molar refractivity (Wildman–Crippen MR) is 95.1 cm³/mol. The molecule has 25 heavy (non-hydrogen) atoms. The molecule has 0 aliphatic carbocycles. The van der Waals surface area contributed by atoms with E-state index >= 15 is 0 Å². The molecule has 3 rings (SSSR count). The highest BCUT2D eigenvalue weighted by molar-refractivity contribution is 5.84. The maximum atomic E-state index is 11.9. The molecule has 130 valence electrons. The lowest BCUT2D eigenvalue weighted by atomic mass is 10.1. The van der Waals surface area contributed by atoms with Crippen LogP contribution in [0.2, 0.25) is 0 Å². The molecule has 0 spiro atoms. The van der Waals surface area contributed by atoms with E-state index in [1.165, 1.54) is 0 Å². The molecule has 1 aliphatic rings. The quantitative estimate of drug-likeness (QED) is 0.874. The Morgan fingerprint density at radius 2 is 1.84 bits per heavy atom. The van der Waals surface area contributed by atoms with Gasteiger partial charge in [-0.15, -0.1) is 0 Å². The normalized spacial score (nSPS) is 18.8. The van der Waals surface area contributed by atoms with Crippen LogP contribution in [0.4, 0.5) is 10.5 Å². The molecule has 6 heteroatoms. The van der Waals surface area contributed by atoms with Gasteiger partial charge in [-0.3, -0.25) is 5.32 Å². The molecule has 1 amide bonds. The number of para-hydroxylation sites is 2. The molecule has 0 unspecified atom stereocenters. The highest BCUT2D eigenvalue weighted by atomic mass is 16.6. The maximum Gasteiger partial charge on any atom is 0.411 e. The Hall–Kier alpha value is -3.02. The third kappa shape index (κ3) is 4.97. The maximum absolute atomic E-state index is 11.9. The average Bonchev–Trinajstić information content (AvgIpc) is 3.02. The van der Waals surface area contributed by atoms with Crippen LogP contribution >= 0.6 is 0 Å². The van der Waals surface area contributed by atoms with Crippen molar-refractivity contribution < 1.29 is 19.0 Å². The second-order valence-electron chi connectivity index (χ2n) is 5.96. The van der Waals surface area contributed by atoms with E-state index in [1.807, 2.05) is 55.5 Å². The van der Waals surface area contributed by atoms with Crippen LogP contribution in [0.3, 0.4) is 0 Å². The molecule has 1 atom stereocenters. The first kappa shape index (κ1) is 16.8. The third-order valence-corrected chi connectivity index (χ3v) is 3.58. The lowest BCUT2D eigenvalue weighted by molar-refractivity contribution is 0.121. The first-order valence-electron chi connectivity index (χ1n) is 8.01. The number of nitrogens with zero attached hydrogens (tertiary/aromatic N) is 1. The first-order chi connectivity index (χ1) is 12.1. The summed E-state index contributed by atoms with van der Waals surface area (Å²) in [5.74, 6) is 1.25. The minimum absolute atomic E-state index is 0.125. The highest BCUT2D eigenvalue weighted by Gasteiger charge is 2.33. The Bertz CT molecular complexity index is 734. The van der Waals surface area contributed by atoms with Gasteiger partial charge in [-0.05, 0) is 31.2 Å². The molecule has 0 saturated carbocycles. The Morgan fingerprint density at radius 3 is 2.56 bits per heavy atom. The van der Waals surface area contributed by atoms with Gasteiger partial charge in [0.25, 0.3) is 0 Å². The zero-order valence-corrected chi connectivity index (χ0v) is 14.0. The van der Waals surface area contributed by atoms with Crippen LogP contribution in [0.5, 0.6) is 5.75 Å². The van der Waals surface area contributed by atoms with Crippen LogP contribution in [0.15, 0.2) is 65.7 Å². The van der Waals surface area contributed by atoms with Crippen LogP contribution in [0.1, 0.15) is 6.92 Å². The van der Waals surface area contributed by atoms with Crippen molar-refractivity contribution in [3.05, 3.63) is 60.7 Å². The number of hydrogen-bond acceptors (Lipinski definition) is 5. The molecular formula is C19H20N2O4. The van der Waals surface area contributed by atoms with Crippen molar-refractivity contribution >= 4 is 17.7 Å². The molecule has 2 aromatic rings. The van der Waals surface area contributed by atoms with E-state index in [0.29, 0.717) is 18.2 Å². The van der Waals surface area contributed by atoms with E-state index in [9.17, 15) is 4.79 Å². The molecule has 1 heterocycles. The summed E-state index contributed by atoms with van der Waals surface area (Å²) in [5.41, 5.74) is 0.0735. The fourth-order valence-electron chi connectivity index (χ4n) is 2.31. The lowest BCUT2D eigenvalue weighted by Crippen LogP contribution is -2.32. The molecule has 0 radical (unpaired) electrons. The zero-order valence-electron chi connectivity index (χ0n) is 14.0. The van der Waals surface area contributed by atoms with E-state index in [2.05, 4.69) is 10.3 Å². The Kier molecular flexibility index (Phi) is 5.18. The van der Waals surface area contributed by atoms with E-state index in [-0.39, 0.29) is 13.2 Å². The molecule has 0 fully saturated rings. The van der Waals surface area contributed by atoms with Gasteiger partial charge in [0, 0.05) is 5.69 Å². The minimum Gasteiger partial charge on any atom is -0.484 e. The van der Waals surface area contributed by atoms with Gasteiger partial charge in [0.15, 0.2) is 6.61 Å². The summed E-state index contributed by atoms with van der Waals surface area (Å²) in [6.07, 6.45) is -0.517. The summed E-state index contributed by atoms with van der Waals surface area (Å²) >= 11 is 0. The highest BCUT2D eigenvalue weighted by Crippen LogP contribution is 2.20. The predicted octanol–water partition coefficient (Wildman–Crippen LogP) is 3.50. The van der Waals surface area contributed by atoms with E-state index < -0.39 is 11.6 Å². The Morgan fingerprint density at radius 1 is 1.16 bits per heavy atom. The third-order valence-electron chi connectivity index (χ3n) is 3.58. The van der Waals surface area contributed by atoms with Crippen LogP contribution < -0.4 is 10.1 Å². The van der Waals surface area contributed by atoms with Crippen molar-refractivity contribution in [2.75, 3.05) is 25.1 Å². The summed E-state index contributed by atoms with van der Waals surface area (Å²) in [7, 11) is 0. The van der Waals surface area contributed by atoms with Crippen molar-refractivity contribution in [2.24, 2.45) is 4.99 Å². The first-order valence-corrected chi connectivity index (χ1v) is 8.01. The number of amides is 1. The number of ether oxygens (including phenoxy) is 3. The second-order valence-corrected chi connectivity index (χ2v) is 5.96. The summed E-state index contributed by atoms with van der Waals surface area (Å²) in [5, 5.41) is 2.67. The molecule has 2 aromatic carbocycles. The molecule has 1 aliphatic heterocycles. The Labute approximate surface area is 146 Å². The van der Waals surface area contributed by atoms with E-state index in [1.54, 1.807) is 12.1 Å². The molecule has 0 bridgehead atoms. The summed E-state index contributed by atoms with van der Waals surface area (Å²) in [4.78, 5) is 16.3. The molecule has 0 aromatic heterocycles. The second kappa shape index (κ2) is 7.70. The molecule has 6 nitrogen and oxygen atoms in total. The van der Waals surface area contributed by atoms with Gasteiger partial charge >= 0.3 is 6.09 Å². The fraction of sp³-hybridized carbons (Fsp3) is 0.263. The molecule has 0 saturated heterocycles. The number of nitrogens with one attached hydrogen (secondary N) is 1. The van der Waals surface area contributed by atoms with Gasteiger partial charge in [0.2, 0.25) is 5.90 Å². The van der Waals surface area contributed by atoms with Crippen molar-refractivity contribution in [1.29, 1.82) is 0 Å². The largest absolute Gasteiger partial charge is 0.484 e. The average molecular weight is 340 g/mol. The summed E-state index contributed by atoms with van der Waals surface area (Å²) in [6, 6.07) is 18.6. The molecular weight excluding hydrogens is 320 g/mol. The van der Waals surface area contributed by atoms with Crippen molar-refractivity contribution in [3.8, 4) is 5.75 Å². The van der Waals surface area contributed by atoms with Crippen molar-refractivity contribution in [1.82, 2.24) is 0 Å². The van der Waals surface area contributed by atoms with Crippen molar-refractivity contribution in [3.63, 3.8) is 0 Å². The summed E-state index contributed by atoms with van der Waals surface area (Å²) < 4.78 is 16.4. The lowest BCUT2D eigenvalue weighted by Gasteiger charge is -2.18. The van der Waals surface area contributed by atoms with Gasteiger partial charge in [-0.25, -0.2) is 9.79 Å². The van der Waals surface area contributed by atoms with Crippen molar-refractivity contribution in [2.45, 2.75) is 12.5 Å². The number of carbonyl (C=O) groups is 1. The molecule has 1 N–H and O–H groups in total. The van der Waals surface area contributed by atoms with Crippen LogP contribution in [0.25, 0.3) is 0 Å². The SMILES string of the molecule is C[C@]1(COC(=O)Nc2ccccc2)COC(COc2ccccc2)=N1. The number of carbonyl (C=O) groups excluding carboxylic acids is 1. The van der Waals surface area contributed by atoms with Gasteiger partial charge in [0.05, 0.1) is 0 Å². The zero-order chi connectivity index (χ0) is 17.5. The minimum atomic E-state index is -0.608. The van der Waals surface area contributed by atoms with E-state index in [4.69, 9.17) is 14.2 Å². The van der Waals surface area contributed by atoms with Crippen LogP contribution in [0, 0.1) is 0 Å². The topological polar surface area (TPSA) is 69.2 Å². The van der Waals surface area contributed by atoms with Crippen LogP contribution in [-0.4, -0.2) is 37.4 Å². The van der Waals surface area contributed by atoms with E-state index in [0.717, 1.165) is 5.75 Å². The number of anilines is 1. The Balaban J connectivity index is 1.47. The number of aliphatic imine (C=N–C) groups is 1. The number of hydrogen-bond donors (Lipinski definition) is 1. The monoisotopic (exact) mass is 340 g/mol. The standard InChI is InChI=1S/C19H20N2O4/c1-19(14-25-18(22)20-15-8-4-2-5-9-15)13-24-17(21-19)12-23-16-10-6-3-7-11-16/h2-11H,12-14H2,1H3,(H,20,22)/t19-/m1/s1. The van der Waals surface area contributed by atoms with Gasteiger partial charge in [-0.1, -0.05) is 36.4 Å². The number of rotatable bonds is 6.